The lowest BCUT2D eigenvalue weighted by Gasteiger charge is -2.19. The molecule has 0 atom stereocenters. The summed E-state index contributed by atoms with van der Waals surface area (Å²) in [5.41, 5.74) is 4.76. The highest BCUT2D eigenvalue weighted by Gasteiger charge is 2.15. The molecular formula is C24H30N2O4. The van der Waals surface area contributed by atoms with E-state index in [9.17, 15) is 9.59 Å². The maximum Gasteiger partial charge on any atom is 0.407 e. The van der Waals surface area contributed by atoms with Crippen molar-refractivity contribution < 1.29 is 19.1 Å². The van der Waals surface area contributed by atoms with Gasteiger partial charge in [0, 0.05) is 24.9 Å². The fraction of sp³-hybridized carbons (Fsp3) is 0.333. The molecular weight excluding hydrogens is 380 g/mol. The monoisotopic (exact) mass is 410 g/mol. The second-order valence-corrected chi connectivity index (χ2v) is 7.86. The number of hydrogen-bond donors (Lipinski definition) is 2. The van der Waals surface area contributed by atoms with Crippen molar-refractivity contribution in [3.05, 3.63) is 59.7 Å². The average molecular weight is 411 g/mol. The van der Waals surface area contributed by atoms with E-state index in [1.165, 1.54) is 13.2 Å². The van der Waals surface area contributed by atoms with Crippen LogP contribution in [0.15, 0.2) is 48.5 Å². The quantitative estimate of drug-likeness (QED) is 0.390. The number of nitrogens with one attached hydrogen (secondary N) is 2. The highest BCUT2D eigenvalue weighted by Crippen LogP contribution is 2.26. The molecule has 0 saturated carbocycles. The topological polar surface area (TPSA) is 76.7 Å². The zero-order valence-electron chi connectivity index (χ0n) is 18.2. The van der Waals surface area contributed by atoms with Gasteiger partial charge in [-0.05, 0) is 68.2 Å². The van der Waals surface area contributed by atoms with Crippen molar-refractivity contribution in [2.75, 3.05) is 25.5 Å². The highest BCUT2D eigenvalue weighted by molar-refractivity contribution is 5.87. The number of benzene rings is 2. The Hall–Kier alpha value is -3.28. The van der Waals surface area contributed by atoms with Gasteiger partial charge in [-0.25, -0.2) is 9.59 Å². The minimum Gasteiger partial charge on any atom is -0.466 e. The van der Waals surface area contributed by atoms with Crippen LogP contribution in [-0.2, 0) is 14.3 Å². The van der Waals surface area contributed by atoms with Gasteiger partial charge in [0.1, 0.15) is 5.60 Å². The van der Waals surface area contributed by atoms with Crippen LogP contribution in [0.5, 0.6) is 0 Å². The van der Waals surface area contributed by atoms with Crippen molar-refractivity contribution in [3.63, 3.8) is 0 Å². The van der Waals surface area contributed by atoms with E-state index in [0.717, 1.165) is 27.9 Å². The lowest BCUT2D eigenvalue weighted by molar-refractivity contribution is -0.134. The van der Waals surface area contributed by atoms with Gasteiger partial charge < -0.3 is 20.1 Å². The molecule has 2 aromatic rings. The van der Waals surface area contributed by atoms with Gasteiger partial charge in [-0.2, -0.15) is 0 Å². The van der Waals surface area contributed by atoms with Crippen molar-refractivity contribution in [2.24, 2.45) is 0 Å². The fourth-order valence-electron chi connectivity index (χ4n) is 2.80. The summed E-state index contributed by atoms with van der Waals surface area (Å²) in [6.45, 7) is 8.61. The maximum atomic E-state index is 11.6. The summed E-state index contributed by atoms with van der Waals surface area (Å²) in [6, 6.07) is 14.2. The lowest BCUT2D eigenvalue weighted by atomic mass is 9.98. The number of ether oxygens (including phenoxy) is 2. The van der Waals surface area contributed by atoms with Crippen molar-refractivity contribution in [2.45, 2.75) is 33.3 Å². The number of esters is 1. The molecule has 0 unspecified atom stereocenters. The summed E-state index contributed by atoms with van der Waals surface area (Å²) in [4.78, 5) is 22.9. The van der Waals surface area contributed by atoms with Crippen molar-refractivity contribution in [3.8, 4) is 11.1 Å². The summed E-state index contributed by atoms with van der Waals surface area (Å²) in [5, 5.41) is 6.00. The number of carbonyl (C=O) groups is 2. The summed E-state index contributed by atoms with van der Waals surface area (Å²) in [6.07, 6.45) is 2.73. The zero-order chi connectivity index (χ0) is 22.1. The van der Waals surface area contributed by atoms with E-state index in [-0.39, 0.29) is 5.97 Å². The molecule has 0 radical (unpaired) electrons. The van der Waals surface area contributed by atoms with Crippen molar-refractivity contribution in [1.29, 1.82) is 0 Å². The van der Waals surface area contributed by atoms with E-state index in [1.54, 1.807) is 6.08 Å². The molecule has 0 bridgehead atoms. The largest absolute Gasteiger partial charge is 0.466 e. The van der Waals surface area contributed by atoms with E-state index in [2.05, 4.69) is 27.5 Å². The molecule has 0 aliphatic carbocycles. The normalized spacial score (nSPS) is 11.2. The van der Waals surface area contributed by atoms with Crippen LogP contribution in [0.1, 0.15) is 31.9 Å². The van der Waals surface area contributed by atoms with Crippen LogP contribution in [-0.4, -0.2) is 37.9 Å². The van der Waals surface area contributed by atoms with Gasteiger partial charge in [0.05, 0.1) is 7.11 Å². The van der Waals surface area contributed by atoms with Gasteiger partial charge in [-0.15, -0.1) is 0 Å². The Morgan fingerprint density at radius 2 is 1.73 bits per heavy atom. The Morgan fingerprint density at radius 1 is 1.03 bits per heavy atom. The molecule has 160 valence electrons. The number of amides is 1. The lowest BCUT2D eigenvalue weighted by Crippen LogP contribution is -2.34. The van der Waals surface area contributed by atoms with Gasteiger partial charge in [-0.3, -0.25) is 0 Å². The van der Waals surface area contributed by atoms with Gasteiger partial charge in [0.2, 0.25) is 0 Å². The first-order chi connectivity index (χ1) is 14.2. The first-order valence-electron chi connectivity index (χ1n) is 9.86. The predicted molar refractivity (Wildman–Crippen MR) is 120 cm³/mol. The third kappa shape index (κ3) is 7.62. The number of hydrogen-bond acceptors (Lipinski definition) is 5. The van der Waals surface area contributed by atoms with Crippen LogP contribution in [0, 0.1) is 6.92 Å². The van der Waals surface area contributed by atoms with Crippen LogP contribution < -0.4 is 10.6 Å². The Kier molecular flexibility index (Phi) is 8.04. The number of rotatable bonds is 7. The van der Waals surface area contributed by atoms with Gasteiger partial charge in [-0.1, -0.05) is 30.3 Å². The Morgan fingerprint density at radius 3 is 2.33 bits per heavy atom. The number of aryl methyl sites for hydroxylation is 1. The SMILES string of the molecule is COC(=O)/C=C/c1ccc(-c2ccc(NCCNC(=O)OC(C)(C)C)cc2)c(C)c1. The van der Waals surface area contributed by atoms with E-state index < -0.39 is 11.7 Å². The van der Waals surface area contributed by atoms with E-state index in [0.29, 0.717) is 13.1 Å². The molecule has 0 aromatic heterocycles. The minimum atomic E-state index is -0.499. The van der Waals surface area contributed by atoms with Crippen molar-refractivity contribution in [1.82, 2.24) is 5.32 Å². The number of alkyl carbamates (subject to hydrolysis) is 1. The Balaban J connectivity index is 1.90. The maximum absolute atomic E-state index is 11.6. The third-order valence-electron chi connectivity index (χ3n) is 4.18. The molecule has 30 heavy (non-hydrogen) atoms. The van der Waals surface area contributed by atoms with Crippen LogP contribution in [0.4, 0.5) is 10.5 Å². The highest BCUT2D eigenvalue weighted by atomic mass is 16.6. The molecule has 0 aliphatic rings. The standard InChI is InChI=1S/C24H30N2O4/c1-17-16-18(7-13-22(27)29-5)6-12-21(17)19-8-10-20(11-9-19)25-14-15-26-23(28)30-24(2,3)4/h6-13,16,25H,14-15H2,1-5H3,(H,26,28)/b13-7+. The van der Waals surface area contributed by atoms with Crippen molar-refractivity contribution >= 4 is 23.8 Å². The molecule has 2 aromatic carbocycles. The molecule has 1 amide bonds. The predicted octanol–water partition coefficient (Wildman–Crippen LogP) is 4.78. The second kappa shape index (κ2) is 10.5. The van der Waals surface area contributed by atoms with Gasteiger partial charge in [0.15, 0.2) is 0 Å². The fourth-order valence-corrected chi connectivity index (χ4v) is 2.80. The first kappa shape index (κ1) is 23.0. The van der Waals surface area contributed by atoms with Crippen LogP contribution in [0.25, 0.3) is 17.2 Å². The molecule has 6 nitrogen and oxygen atoms in total. The smallest absolute Gasteiger partial charge is 0.407 e. The summed E-state index contributed by atoms with van der Waals surface area (Å²) in [7, 11) is 1.36. The summed E-state index contributed by atoms with van der Waals surface area (Å²) >= 11 is 0. The number of anilines is 1. The first-order valence-corrected chi connectivity index (χ1v) is 9.86. The molecule has 0 aliphatic heterocycles. The molecule has 2 N–H and O–H groups in total. The second-order valence-electron chi connectivity index (χ2n) is 7.86. The van der Waals surface area contributed by atoms with Crippen LogP contribution >= 0.6 is 0 Å². The minimum absolute atomic E-state index is 0.374. The molecule has 0 fully saturated rings. The number of methoxy groups -OCH3 is 1. The zero-order valence-corrected chi connectivity index (χ0v) is 18.2. The van der Waals surface area contributed by atoms with Gasteiger partial charge >= 0.3 is 12.1 Å². The molecule has 2 rings (SSSR count). The molecule has 0 saturated heterocycles. The van der Waals surface area contributed by atoms with E-state index in [4.69, 9.17) is 4.74 Å². The molecule has 0 heterocycles. The van der Waals surface area contributed by atoms with E-state index >= 15 is 0 Å². The summed E-state index contributed by atoms with van der Waals surface area (Å²) < 4.78 is 9.82. The number of carbonyl (C=O) groups excluding carboxylic acids is 2. The van der Waals surface area contributed by atoms with Crippen LogP contribution in [0.3, 0.4) is 0 Å². The Labute approximate surface area is 178 Å². The summed E-state index contributed by atoms with van der Waals surface area (Å²) in [5.74, 6) is -0.374. The average Bonchev–Trinajstić information content (AvgIpc) is 2.69. The van der Waals surface area contributed by atoms with E-state index in [1.807, 2.05) is 58.0 Å². The Bertz CT molecular complexity index is 896. The molecule has 6 heteroatoms. The molecule has 0 spiro atoms. The van der Waals surface area contributed by atoms with Gasteiger partial charge in [0.25, 0.3) is 0 Å². The van der Waals surface area contributed by atoms with Crippen LogP contribution in [0.2, 0.25) is 0 Å². The third-order valence-corrected chi connectivity index (χ3v) is 4.18.